The number of nitrogens with two attached hydrogens (primary N) is 1. The Kier molecular flexibility index (Phi) is 3.52. The van der Waals surface area contributed by atoms with Gasteiger partial charge in [0.2, 0.25) is 0 Å². The van der Waals surface area contributed by atoms with Crippen LogP contribution in [0.4, 0.5) is 0 Å². The maximum absolute atomic E-state index is 5.64. The van der Waals surface area contributed by atoms with Crippen molar-refractivity contribution in [1.82, 2.24) is 0 Å². The van der Waals surface area contributed by atoms with Crippen molar-refractivity contribution in [3.63, 3.8) is 0 Å². The lowest BCUT2D eigenvalue weighted by Crippen LogP contribution is -2.36. The lowest BCUT2D eigenvalue weighted by molar-refractivity contribution is -0.0228. The molecule has 0 heterocycles. The molecule has 0 aromatic rings. The molecule has 0 amide bonds. The molecule has 0 rings (SSSR count). The highest BCUT2D eigenvalue weighted by Crippen LogP contribution is 2.18. The Morgan fingerprint density at radius 3 is 1.82 bits per heavy atom. The van der Waals surface area contributed by atoms with Crippen molar-refractivity contribution in [3.05, 3.63) is 0 Å². The predicted molar refractivity (Wildman–Crippen MR) is 48.3 cm³/mol. The van der Waals surface area contributed by atoms with Gasteiger partial charge in [-0.1, -0.05) is 20.8 Å². The number of rotatable bonds is 3. The first kappa shape index (κ1) is 10.9. The summed E-state index contributed by atoms with van der Waals surface area (Å²) in [6.45, 7) is 11.1. The van der Waals surface area contributed by atoms with Crippen molar-refractivity contribution in [3.8, 4) is 0 Å². The van der Waals surface area contributed by atoms with E-state index in [1.807, 2.05) is 13.8 Å². The van der Waals surface area contributed by atoms with Gasteiger partial charge in [0, 0.05) is 6.61 Å². The molecule has 11 heavy (non-hydrogen) atoms. The molecule has 0 unspecified atom stereocenters. The van der Waals surface area contributed by atoms with Crippen LogP contribution in [0, 0.1) is 5.41 Å². The Morgan fingerprint density at radius 2 is 1.55 bits per heavy atom. The highest BCUT2D eigenvalue weighted by Gasteiger charge is 2.14. The van der Waals surface area contributed by atoms with Crippen LogP contribution in [0.1, 0.15) is 41.0 Å². The number of ether oxygens (including phenoxy) is 1. The van der Waals surface area contributed by atoms with Gasteiger partial charge >= 0.3 is 0 Å². The molecule has 0 aliphatic carbocycles. The van der Waals surface area contributed by atoms with Crippen LogP contribution in [0.25, 0.3) is 0 Å². The third-order valence-corrected chi connectivity index (χ3v) is 1.33. The second-order valence-corrected chi connectivity index (χ2v) is 4.76. The monoisotopic (exact) mass is 159 g/mol. The van der Waals surface area contributed by atoms with Gasteiger partial charge in [-0.3, -0.25) is 0 Å². The van der Waals surface area contributed by atoms with Crippen LogP contribution in [-0.2, 0) is 4.74 Å². The SMILES string of the molecule is CC(C)(C)CCOC(C)(C)N. The number of hydrogen-bond acceptors (Lipinski definition) is 2. The molecule has 0 spiro atoms. The van der Waals surface area contributed by atoms with E-state index in [0.29, 0.717) is 5.41 Å². The van der Waals surface area contributed by atoms with Crippen LogP contribution >= 0.6 is 0 Å². The van der Waals surface area contributed by atoms with Gasteiger partial charge in [-0.25, -0.2) is 0 Å². The van der Waals surface area contributed by atoms with Gasteiger partial charge in [-0.15, -0.1) is 0 Å². The van der Waals surface area contributed by atoms with Gasteiger partial charge in [-0.05, 0) is 25.7 Å². The fourth-order valence-electron chi connectivity index (χ4n) is 0.620. The van der Waals surface area contributed by atoms with Gasteiger partial charge in [0.05, 0.1) is 0 Å². The Bertz CT molecular complexity index is 93.7. The van der Waals surface area contributed by atoms with Crippen molar-refractivity contribution >= 4 is 0 Å². The van der Waals surface area contributed by atoms with E-state index in [4.69, 9.17) is 10.5 Å². The molecule has 0 aromatic heterocycles. The molecule has 0 atom stereocenters. The molecular weight excluding hydrogens is 138 g/mol. The highest BCUT2D eigenvalue weighted by atomic mass is 16.5. The summed E-state index contributed by atoms with van der Waals surface area (Å²) in [5.74, 6) is 0. The van der Waals surface area contributed by atoms with Crippen molar-refractivity contribution in [2.45, 2.75) is 46.8 Å². The van der Waals surface area contributed by atoms with Crippen molar-refractivity contribution in [2.75, 3.05) is 6.61 Å². The zero-order valence-corrected chi connectivity index (χ0v) is 8.40. The molecule has 0 fully saturated rings. The van der Waals surface area contributed by atoms with E-state index in [1.54, 1.807) is 0 Å². The van der Waals surface area contributed by atoms with Crippen LogP contribution in [0.15, 0.2) is 0 Å². The topological polar surface area (TPSA) is 35.2 Å². The van der Waals surface area contributed by atoms with Gasteiger partial charge < -0.3 is 10.5 Å². The molecule has 2 N–H and O–H groups in total. The summed E-state index contributed by atoms with van der Waals surface area (Å²) >= 11 is 0. The molecule has 0 saturated carbocycles. The second-order valence-electron chi connectivity index (χ2n) is 4.76. The molecule has 0 saturated heterocycles. The van der Waals surface area contributed by atoms with Crippen LogP contribution in [-0.4, -0.2) is 12.3 Å². The Labute approximate surface area is 70.1 Å². The fourth-order valence-corrected chi connectivity index (χ4v) is 0.620. The van der Waals surface area contributed by atoms with E-state index < -0.39 is 5.72 Å². The molecule has 0 aliphatic heterocycles. The lowest BCUT2D eigenvalue weighted by Gasteiger charge is -2.23. The maximum atomic E-state index is 5.64. The first-order valence-corrected chi connectivity index (χ1v) is 4.14. The second kappa shape index (κ2) is 3.55. The van der Waals surface area contributed by atoms with Crippen LogP contribution in [0.3, 0.4) is 0 Å². The van der Waals surface area contributed by atoms with E-state index >= 15 is 0 Å². The minimum absolute atomic E-state index is 0.339. The van der Waals surface area contributed by atoms with Gasteiger partial charge in [0.25, 0.3) is 0 Å². The smallest absolute Gasteiger partial charge is 0.111 e. The zero-order valence-electron chi connectivity index (χ0n) is 8.40. The molecule has 0 aromatic carbocycles. The lowest BCUT2D eigenvalue weighted by atomic mass is 9.93. The average Bonchev–Trinajstić information content (AvgIpc) is 1.55. The van der Waals surface area contributed by atoms with E-state index in [-0.39, 0.29) is 0 Å². The van der Waals surface area contributed by atoms with Crippen molar-refractivity contribution < 1.29 is 4.74 Å². The van der Waals surface area contributed by atoms with E-state index in [2.05, 4.69) is 20.8 Å². The van der Waals surface area contributed by atoms with Gasteiger partial charge in [0.15, 0.2) is 0 Å². The quantitative estimate of drug-likeness (QED) is 0.640. The first-order valence-electron chi connectivity index (χ1n) is 4.14. The van der Waals surface area contributed by atoms with Gasteiger partial charge in [-0.2, -0.15) is 0 Å². The molecule has 0 aliphatic rings. The fraction of sp³-hybridized carbons (Fsp3) is 1.00. The molecule has 0 bridgehead atoms. The third kappa shape index (κ3) is 9.92. The minimum atomic E-state index is -0.481. The first-order chi connectivity index (χ1) is 4.71. The van der Waals surface area contributed by atoms with Crippen molar-refractivity contribution in [1.29, 1.82) is 0 Å². The summed E-state index contributed by atoms with van der Waals surface area (Å²) in [6.07, 6.45) is 1.05. The Morgan fingerprint density at radius 1 is 1.09 bits per heavy atom. The molecule has 68 valence electrons. The Balaban J connectivity index is 3.44. The predicted octanol–water partition coefficient (Wildman–Crippen LogP) is 2.13. The summed E-state index contributed by atoms with van der Waals surface area (Å²) in [5.41, 5.74) is 5.50. The van der Waals surface area contributed by atoms with Crippen molar-refractivity contribution in [2.24, 2.45) is 11.1 Å². The van der Waals surface area contributed by atoms with E-state index in [9.17, 15) is 0 Å². The molecule has 0 radical (unpaired) electrons. The minimum Gasteiger partial charge on any atom is -0.361 e. The summed E-state index contributed by atoms with van der Waals surface area (Å²) in [6, 6.07) is 0. The van der Waals surface area contributed by atoms with E-state index in [0.717, 1.165) is 13.0 Å². The standard InChI is InChI=1S/C9H21NO/c1-8(2,3)6-7-11-9(4,5)10/h6-7,10H2,1-5H3. The Hall–Kier alpha value is -0.0800. The molecular formula is C9H21NO. The van der Waals surface area contributed by atoms with Gasteiger partial charge in [0.1, 0.15) is 5.72 Å². The maximum Gasteiger partial charge on any atom is 0.111 e. The molecule has 2 heteroatoms. The summed E-state index contributed by atoms with van der Waals surface area (Å²) in [5, 5.41) is 0. The molecule has 2 nitrogen and oxygen atoms in total. The van der Waals surface area contributed by atoms with Crippen LogP contribution in [0.2, 0.25) is 0 Å². The summed E-state index contributed by atoms with van der Waals surface area (Å²) in [4.78, 5) is 0. The normalized spacial score (nSPS) is 13.6. The van der Waals surface area contributed by atoms with Crippen LogP contribution < -0.4 is 5.73 Å². The van der Waals surface area contributed by atoms with Crippen LogP contribution in [0.5, 0.6) is 0 Å². The number of hydrogen-bond donors (Lipinski definition) is 1. The average molecular weight is 159 g/mol. The van der Waals surface area contributed by atoms with E-state index in [1.165, 1.54) is 0 Å². The highest BCUT2D eigenvalue weighted by molar-refractivity contribution is 4.62. The summed E-state index contributed by atoms with van der Waals surface area (Å²) < 4.78 is 5.38. The third-order valence-electron chi connectivity index (χ3n) is 1.33. The largest absolute Gasteiger partial charge is 0.361 e. The summed E-state index contributed by atoms with van der Waals surface area (Å²) in [7, 11) is 0. The zero-order chi connectivity index (χ0) is 9.12.